The van der Waals surface area contributed by atoms with Crippen molar-refractivity contribution in [1.82, 2.24) is 30.3 Å². The summed E-state index contributed by atoms with van der Waals surface area (Å²) in [6.45, 7) is 4.58. The zero-order valence-corrected chi connectivity index (χ0v) is 20.3. The topological polar surface area (TPSA) is 138 Å². The maximum atomic E-state index is 6.16. The molecule has 4 aromatic heterocycles. The van der Waals surface area contributed by atoms with Crippen molar-refractivity contribution >= 4 is 23.4 Å². The summed E-state index contributed by atoms with van der Waals surface area (Å²) in [4.78, 5) is 18.8. The second-order valence-corrected chi connectivity index (χ2v) is 9.47. The summed E-state index contributed by atoms with van der Waals surface area (Å²) < 4.78 is 5.80. The molecule has 4 aromatic rings. The van der Waals surface area contributed by atoms with Gasteiger partial charge in [-0.3, -0.25) is 10.1 Å². The largest absolute Gasteiger partial charge is 0.358 e. The fraction of sp³-hybridized carbons (Fsp3) is 0.400. The number of piperidine rings is 1. The summed E-state index contributed by atoms with van der Waals surface area (Å²) in [7, 11) is 0. The maximum absolute atomic E-state index is 6.16. The summed E-state index contributed by atoms with van der Waals surface area (Å²) in [6.07, 6.45) is 7.39. The number of rotatable bonds is 6. The Kier molecular flexibility index (Phi) is 5.98. The minimum atomic E-state index is 0.00160. The zero-order chi connectivity index (χ0) is 24.5. The first-order valence-corrected chi connectivity index (χ1v) is 12.5. The van der Waals surface area contributed by atoms with E-state index in [1.807, 2.05) is 37.3 Å². The predicted molar refractivity (Wildman–Crippen MR) is 137 cm³/mol. The fourth-order valence-corrected chi connectivity index (χ4v) is 4.89. The van der Waals surface area contributed by atoms with E-state index in [0.29, 0.717) is 5.95 Å². The van der Waals surface area contributed by atoms with Gasteiger partial charge in [0.05, 0.1) is 17.9 Å². The molecular formula is C25H30N10O. The molecule has 2 aliphatic rings. The van der Waals surface area contributed by atoms with Crippen LogP contribution >= 0.6 is 0 Å². The van der Waals surface area contributed by atoms with E-state index in [9.17, 15) is 0 Å². The first kappa shape index (κ1) is 22.5. The van der Waals surface area contributed by atoms with Gasteiger partial charge in [0.2, 0.25) is 5.95 Å². The summed E-state index contributed by atoms with van der Waals surface area (Å²) in [6, 6.07) is 9.99. The van der Waals surface area contributed by atoms with Gasteiger partial charge in [0, 0.05) is 49.6 Å². The van der Waals surface area contributed by atoms with Crippen molar-refractivity contribution in [2.24, 2.45) is 5.73 Å². The SMILES string of the molecule is Cc1cn[nH]c1Nc1cc(N2CCC(N)CC2)nc(N2CCCC2c2cc(-c3ccccn3)no2)n1. The number of aromatic nitrogens is 6. The first-order chi connectivity index (χ1) is 17.6. The van der Waals surface area contributed by atoms with Crippen LogP contribution in [0.15, 0.2) is 47.2 Å². The fourth-order valence-electron chi connectivity index (χ4n) is 4.89. The van der Waals surface area contributed by atoms with Crippen molar-refractivity contribution in [3.8, 4) is 11.4 Å². The molecule has 6 rings (SSSR count). The van der Waals surface area contributed by atoms with Crippen molar-refractivity contribution in [1.29, 1.82) is 0 Å². The lowest BCUT2D eigenvalue weighted by Gasteiger charge is -2.32. The van der Waals surface area contributed by atoms with Crippen molar-refractivity contribution in [3.05, 3.63) is 54.0 Å². The van der Waals surface area contributed by atoms with Crippen molar-refractivity contribution in [3.63, 3.8) is 0 Å². The number of nitrogens with one attached hydrogen (secondary N) is 2. The van der Waals surface area contributed by atoms with Gasteiger partial charge in [-0.15, -0.1) is 0 Å². The summed E-state index contributed by atoms with van der Waals surface area (Å²) in [5.41, 5.74) is 8.70. The molecule has 0 saturated carbocycles. The molecule has 11 nitrogen and oxygen atoms in total. The van der Waals surface area contributed by atoms with Crippen LogP contribution in [-0.2, 0) is 0 Å². The van der Waals surface area contributed by atoms with Crippen molar-refractivity contribution in [2.45, 2.75) is 44.7 Å². The molecule has 0 aliphatic carbocycles. The van der Waals surface area contributed by atoms with Crippen LogP contribution in [0.5, 0.6) is 0 Å². The third kappa shape index (κ3) is 4.49. The van der Waals surface area contributed by atoms with Crippen LogP contribution in [0.4, 0.5) is 23.4 Å². The average molecular weight is 487 g/mol. The number of pyridine rings is 1. The number of aryl methyl sites for hydroxylation is 1. The van der Waals surface area contributed by atoms with Gasteiger partial charge in [-0.1, -0.05) is 11.2 Å². The number of H-pyrrole nitrogens is 1. The molecule has 2 saturated heterocycles. The number of hydrogen-bond acceptors (Lipinski definition) is 10. The zero-order valence-electron chi connectivity index (χ0n) is 20.3. The van der Waals surface area contributed by atoms with E-state index in [0.717, 1.165) is 85.5 Å². The standard InChI is InChI=1S/C25H30N10O/c1-16-15-28-32-24(16)29-22-14-23(34-11-7-17(26)8-12-34)31-25(30-22)35-10-4-6-20(35)21-13-19(33-36-21)18-5-2-3-9-27-18/h2-3,5,9,13-15,17,20H,4,6-8,10-12,26H2,1H3,(H2,28,29,30,31,32). The Labute approximate surface area is 209 Å². The van der Waals surface area contributed by atoms with Crippen LogP contribution in [0.25, 0.3) is 11.4 Å². The van der Waals surface area contributed by atoms with Gasteiger partial charge in [-0.05, 0) is 44.7 Å². The van der Waals surface area contributed by atoms with Crippen LogP contribution < -0.4 is 20.9 Å². The van der Waals surface area contributed by atoms with Gasteiger partial charge in [-0.25, -0.2) is 0 Å². The molecule has 0 bridgehead atoms. The molecule has 0 spiro atoms. The highest BCUT2D eigenvalue weighted by Gasteiger charge is 2.32. The Bertz CT molecular complexity index is 1310. The molecule has 186 valence electrons. The van der Waals surface area contributed by atoms with E-state index >= 15 is 0 Å². The molecule has 0 aromatic carbocycles. The number of hydrogen-bond donors (Lipinski definition) is 3. The van der Waals surface area contributed by atoms with E-state index in [1.54, 1.807) is 12.4 Å². The summed E-state index contributed by atoms with van der Waals surface area (Å²) in [5, 5.41) is 14.8. The number of nitrogens with two attached hydrogens (primary N) is 1. The van der Waals surface area contributed by atoms with Gasteiger partial charge in [0.15, 0.2) is 5.76 Å². The van der Waals surface area contributed by atoms with Gasteiger partial charge in [0.1, 0.15) is 23.1 Å². The molecule has 2 aliphatic heterocycles. The minimum absolute atomic E-state index is 0.00160. The highest BCUT2D eigenvalue weighted by atomic mass is 16.5. The molecule has 2 fully saturated rings. The predicted octanol–water partition coefficient (Wildman–Crippen LogP) is 3.57. The van der Waals surface area contributed by atoms with Crippen LogP contribution in [0.1, 0.15) is 43.0 Å². The molecule has 0 amide bonds. The molecular weight excluding hydrogens is 456 g/mol. The molecule has 11 heteroatoms. The van der Waals surface area contributed by atoms with E-state index in [-0.39, 0.29) is 12.1 Å². The van der Waals surface area contributed by atoms with Crippen LogP contribution in [-0.4, -0.2) is 56.0 Å². The third-order valence-corrected chi connectivity index (χ3v) is 6.94. The van der Waals surface area contributed by atoms with Gasteiger partial charge in [0.25, 0.3) is 0 Å². The van der Waals surface area contributed by atoms with Crippen LogP contribution in [0.3, 0.4) is 0 Å². The van der Waals surface area contributed by atoms with E-state index in [2.05, 4.69) is 35.5 Å². The maximum Gasteiger partial charge on any atom is 0.229 e. The van der Waals surface area contributed by atoms with Crippen LogP contribution in [0.2, 0.25) is 0 Å². The Morgan fingerprint density at radius 2 is 1.97 bits per heavy atom. The van der Waals surface area contributed by atoms with Gasteiger partial charge < -0.3 is 25.4 Å². The Morgan fingerprint density at radius 1 is 1.08 bits per heavy atom. The summed E-state index contributed by atoms with van der Waals surface area (Å²) in [5.74, 6) is 3.89. The Balaban J connectivity index is 1.33. The Morgan fingerprint density at radius 3 is 2.75 bits per heavy atom. The number of aromatic amines is 1. The molecule has 4 N–H and O–H groups in total. The summed E-state index contributed by atoms with van der Waals surface area (Å²) >= 11 is 0. The lowest BCUT2D eigenvalue weighted by Crippen LogP contribution is -2.40. The lowest BCUT2D eigenvalue weighted by molar-refractivity contribution is 0.362. The molecule has 36 heavy (non-hydrogen) atoms. The second kappa shape index (κ2) is 9.57. The average Bonchev–Trinajstić information content (AvgIpc) is 3.66. The molecule has 1 atom stereocenters. The highest BCUT2D eigenvalue weighted by Crippen LogP contribution is 2.37. The lowest BCUT2D eigenvalue weighted by atomic mass is 10.1. The highest BCUT2D eigenvalue weighted by molar-refractivity contribution is 5.62. The first-order valence-electron chi connectivity index (χ1n) is 12.5. The van der Waals surface area contributed by atoms with Crippen molar-refractivity contribution < 1.29 is 4.52 Å². The van der Waals surface area contributed by atoms with Crippen LogP contribution in [0, 0.1) is 6.92 Å². The van der Waals surface area contributed by atoms with E-state index in [1.165, 1.54) is 0 Å². The normalized spacial score (nSPS) is 18.7. The third-order valence-electron chi connectivity index (χ3n) is 6.94. The van der Waals surface area contributed by atoms with E-state index < -0.39 is 0 Å². The smallest absolute Gasteiger partial charge is 0.229 e. The molecule has 6 heterocycles. The quantitative estimate of drug-likeness (QED) is 0.371. The number of anilines is 4. The molecule has 0 radical (unpaired) electrons. The number of nitrogens with zero attached hydrogens (tertiary/aromatic N) is 7. The monoisotopic (exact) mass is 486 g/mol. The molecule has 1 unspecified atom stereocenters. The van der Waals surface area contributed by atoms with Gasteiger partial charge >= 0.3 is 0 Å². The van der Waals surface area contributed by atoms with Crippen molar-refractivity contribution in [2.75, 3.05) is 34.8 Å². The Hall–Kier alpha value is -3.99. The minimum Gasteiger partial charge on any atom is -0.358 e. The van der Waals surface area contributed by atoms with E-state index in [4.69, 9.17) is 20.2 Å². The van der Waals surface area contributed by atoms with Gasteiger partial charge in [-0.2, -0.15) is 15.1 Å². The second-order valence-electron chi connectivity index (χ2n) is 9.47.